The van der Waals surface area contributed by atoms with Gasteiger partial charge in [0.05, 0.1) is 4.47 Å². The predicted octanol–water partition coefficient (Wildman–Crippen LogP) is 4.44. The smallest absolute Gasteiger partial charge is 0.139 e. The highest BCUT2D eigenvalue weighted by molar-refractivity contribution is 9.10. The average molecular weight is 274 g/mol. The molecule has 15 heavy (non-hydrogen) atoms. The van der Waals surface area contributed by atoms with Crippen LogP contribution in [-0.2, 0) is 0 Å². The second-order valence-electron chi connectivity index (χ2n) is 4.09. The van der Waals surface area contributed by atoms with Crippen LogP contribution in [0.3, 0.4) is 0 Å². The molecule has 0 bridgehead atoms. The Balaban J connectivity index is 2.35. The summed E-state index contributed by atoms with van der Waals surface area (Å²) in [5, 5.41) is 3.21. The van der Waals surface area contributed by atoms with Crippen LogP contribution in [-0.4, -0.2) is 6.54 Å². The highest BCUT2D eigenvalue weighted by Crippen LogP contribution is 2.19. The van der Waals surface area contributed by atoms with Crippen LogP contribution in [0.15, 0.2) is 22.7 Å². The fourth-order valence-electron chi connectivity index (χ4n) is 1.35. The maximum Gasteiger partial charge on any atom is 0.139 e. The van der Waals surface area contributed by atoms with E-state index in [2.05, 4.69) is 35.1 Å². The highest BCUT2D eigenvalue weighted by atomic mass is 79.9. The SMILES string of the molecule is CC(C)CCCNc1ccc(Br)c(F)c1. The van der Waals surface area contributed by atoms with E-state index in [1.165, 1.54) is 12.5 Å². The first kappa shape index (κ1) is 12.5. The van der Waals surface area contributed by atoms with Crippen molar-refractivity contribution in [1.29, 1.82) is 0 Å². The molecule has 0 saturated heterocycles. The van der Waals surface area contributed by atoms with Gasteiger partial charge in [-0.3, -0.25) is 0 Å². The van der Waals surface area contributed by atoms with Crippen molar-refractivity contribution >= 4 is 21.6 Å². The van der Waals surface area contributed by atoms with Crippen molar-refractivity contribution in [2.75, 3.05) is 11.9 Å². The van der Waals surface area contributed by atoms with Gasteiger partial charge in [-0.1, -0.05) is 13.8 Å². The maximum atomic E-state index is 13.1. The molecule has 0 aliphatic heterocycles. The first-order chi connectivity index (χ1) is 7.09. The quantitative estimate of drug-likeness (QED) is 0.783. The number of anilines is 1. The second kappa shape index (κ2) is 6.11. The molecule has 0 fully saturated rings. The minimum atomic E-state index is -0.219. The molecule has 0 amide bonds. The summed E-state index contributed by atoms with van der Waals surface area (Å²) in [7, 11) is 0. The van der Waals surface area contributed by atoms with Gasteiger partial charge in [0.15, 0.2) is 0 Å². The monoisotopic (exact) mass is 273 g/mol. The second-order valence-corrected chi connectivity index (χ2v) is 4.95. The molecule has 0 spiro atoms. The van der Waals surface area contributed by atoms with E-state index >= 15 is 0 Å². The summed E-state index contributed by atoms with van der Waals surface area (Å²) < 4.78 is 13.6. The molecule has 0 aliphatic rings. The molecule has 0 atom stereocenters. The lowest BCUT2D eigenvalue weighted by Gasteiger charge is -2.08. The molecular weight excluding hydrogens is 257 g/mol. The molecule has 0 unspecified atom stereocenters. The topological polar surface area (TPSA) is 12.0 Å². The Labute approximate surface area is 99.2 Å². The summed E-state index contributed by atoms with van der Waals surface area (Å²) in [5.74, 6) is 0.511. The molecule has 0 saturated carbocycles. The van der Waals surface area contributed by atoms with Crippen molar-refractivity contribution in [2.24, 2.45) is 5.92 Å². The lowest BCUT2D eigenvalue weighted by Crippen LogP contribution is -2.03. The molecule has 0 heterocycles. The van der Waals surface area contributed by atoms with Gasteiger partial charge in [-0.25, -0.2) is 4.39 Å². The molecule has 1 N–H and O–H groups in total. The van der Waals surface area contributed by atoms with E-state index in [9.17, 15) is 4.39 Å². The Morgan fingerprint density at radius 3 is 2.73 bits per heavy atom. The van der Waals surface area contributed by atoms with Crippen molar-refractivity contribution in [3.05, 3.63) is 28.5 Å². The molecule has 1 aromatic carbocycles. The van der Waals surface area contributed by atoms with E-state index in [4.69, 9.17) is 0 Å². The molecule has 1 rings (SSSR count). The van der Waals surface area contributed by atoms with Crippen LogP contribution in [0.25, 0.3) is 0 Å². The summed E-state index contributed by atoms with van der Waals surface area (Å²) in [6.07, 6.45) is 2.32. The van der Waals surface area contributed by atoms with Gasteiger partial charge < -0.3 is 5.32 Å². The van der Waals surface area contributed by atoms with E-state index < -0.39 is 0 Å². The summed E-state index contributed by atoms with van der Waals surface area (Å²) in [6.45, 7) is 5.32. The van der Waals surface area contributed by atoms with Crippen molar-refractivity contribution in [1.82, 2.24) is 0 Å². The maximum absolute atomic E-state index is 13.1. The first-order valence-corrected chi connectivity index (χ1v) is 6.08. The average Bonchev–Trinajstić information content (AvgIpc) is 2.18. The summed E-state index contributed by atoms with van der Waals surface area (Å²) in [6, 6.07) is 5.11. The molecule has 0 radical (unpaired) electrons. The van der Waals surface area contributed by atoms with Crippen molar-refractivity contribution in [3.8, 4) is 0 Å². The van der Waals surface area contributed by atoms with Crippen molar-refractivity contribution in [2.45, 2.75) is 26.7 Å². The predicted molar refractivity (Wildman–Crippen MR) is 66.7 cm³/mol. The number of benzene rings is 1. The fourth-order valence-corrected chi connectivity index (χ4v) is 1.60. The molecular formula is C12H17BrFN. The minimum absolute atomic E-state index is 0.219. The standard InChI is InChI=1S/C12H17BrFN/c1-9(2)4-3-7-15-10-5-6-11(13)12(14)8-10/h5-6,8-9,15H,3-4,7H2,1-2H3. The zero-order valence-electron chi connectivity index (χ0n) is 9.19. The van der Waals surface area contributed by atoms with Gasteiger partial charge in [-0.15, -0.1) is 0 Å². The van der Waals surface area contributed by atoms with Gasteiger partial charge in [0.1, 0.15) is 5.82 Å². The van der Waals surface area contributed by atoms with Crippen LogP contribution in [0, 0.1) is 11.7 Å². The van der Waals surface area contributed by atoms with Crippen LogP contribution in [0.5, 0.6) is 0 Å². The van der Waals surface area contributed by atoms with Crippen LogP contribution in [0.1, 0.15) is 26.7 Å². The normalized spacial score (nSPS) is 10.7. The number of halogens is 2. The molecule has 3 heteroatoms. The van der Waals surface area contributed by atoms with Gasteiger partial charge in [0, 0.05) is 12.2 Å². The first-order valence-electron chi connectivity index (χ1n) is 5.28. The molecule has 1 nitrogen and oxygen atoms in total. The zero-order valence-corrected chi connectivity index (χ0v) is 10.8. The Bertz CT molecular complexity index is 312. The number of nitrogens with one attached hydrogen (secondary N) is 1. The highest BCUT2D eigenvalue weighted by Gasteiger charge is 2.00. The van der Waals surface area contributed by atoms with Gasteiger partial charge in [-0.2, -0.15) is 0 Å². The Kier molecular flexibility index (Phi) is 5.09. The number of hydrogen-bond acceptors (Lipinski definition) is 1. The van der Waals surface area contributed by atoms with Crippen molar-refractivity contribution < 1.29 is 4.39 Å². The molecule has 84 valence electrons. The van der Waals surface area contributed by atoms with Gasteiger partial charge in [0.2, 0.25) is 0 Å². The van der Waals surface area contributed by atoms with Crippen LogP contribution >= 0.6 is 15.9 Å². The Hall–Kier alpha value is -0.570. The third-order valence-corrected chi connectivity index (χ3v) is 2.85. The summed E-state index contributed by atoms with van der Waals surface area (Å²) >= 11 is 3.13. The van der Waals surface area contributed by atoms with Crippen LogP contribution in [0.4, 0.5) is 10.1 Å². The lowest BCUT2D eigenvalue weighted by molar-refractivity contribution is 0.566. The summed E-state index contributed by atoms with van der Waals surface area (Å²) in [5.41, 5.74) is 0.847. The van der Waals surface area contributed by atoms with Crippen molar-refractivity contribution in [3.63, 3.8) is 0 Å². The summed E-state index contributed by atoms with van der Waals surface area (Å²) in [4.78, 5) is 0. The molecule has 0 aliphatic carbocycles. The van der Waals surface area contributed by atoms with Crippen LogP contribution in [0.2, 0.25) is 0 Å². The van der Waals surface area contributed by atoms with Gasteiger partial charge in [-0.05, 0) is 52.9 Å². The minimum Gasteiger partial charge on any atom is -0.385 e. The Morgan fingerprint density at radius 2 is 2.13 bits per heavy atom. The number of hydrogen-bond donors (Lipinski definition) is 1. The van der Waals surface area contributed by atoms with E-state index in [0.717, 1.165) is 24.6 Å². The molecule has 1 aromatic rings. The fraction of sp³-hybridized carbons (Fsp3) is 0.500. The van der Waals surface area contributed by atoms with Gasteiger partial charge in [0.25, 0.3) is 0 Å². The zero-order chi connectivity index (χ0) is 11.3. The molecule has 0 aromatic heterocycles. The Morgan fingerprint density at radius 1 is 1.40 bits per heavy atom. The third-order valence-electron chi connectivity index (χ3n) is 2.21. The van der Waals surface area contributed by atoms with E-state index in [1.54, 1.807) is 6.07 Å². The number of rotatable bonds is 5. The van der Waals surface area contributed by atoms with E-state index in [-0.39, 0.29) is 5.82 Å². The largest absolute Gasteiger partial charge is 0.385 e. The van der Waals surface area contributed by atoms with Gasteiger partial charge >= 0.3 is 0 Å². The van der Waals surface area contributed by atoms with E-state index in [1.807, 2.05) is 6.07 Å². The van der Waals surface area contributed by atoms with Crippen LogP contribution < -0.4 is 5.32 Å². The lowest BCUT2D eigenvalue weighted by atomic mass is 10.1. The third kappa shape index (κ3) is 4.65. The van der Waals surface area contributed by atoms with E-state index in [0.29, 0.717) is 4.47 Å².